The van der Waals surface area contributed by atoms with Gasteiger partial charge in [-0.05, 0) is 38.1 Å². The molecule has 1 saturated heterocycles. The van der Waals surface area contributed by atoms with Crippen LogP contribution in [0.1, 0.15) is 18.5 Å². The zero-order valence-electron chi connectivity index (χ0n) is 11.0. The van der Waals surface area contributed by atoms with Crippen LogP contribution in [0.2, 0.25) is 5.02 Å². The molecule has 0 atom stereocenters. The van der Waals surface area contributed by atoms with E-state index in [0.29, 0.717) is 11.6 Å². The third-order valence-corrected chi connectivity index (χ3v) is 3.88. The van der Waals surface area contributed by atoms with Gasteiger partial charge in [-0.15, -0.1) is 0 Å². The first-order chi connectivity index (χ1) is 9.10. The quantitative estimate of drug-likeness (QED) is 0.877. The Hall–Kier alpha value is -1.33. The van der Waals surface area contributed by atoms with Crippen LogP contribution in [-0.4, -0.2) is 35.9 Å². The molecule has 0 bridgehead atoms. The maximum Gasteiger partial charge on any atom is 0.220 e. The first kappa shape index (κ1) is 14.1. The number of hydrogen-bond donors (Lipinski definition) is 2. The lowest BCUT2D eigenvalue weighted by Gasteiger charge is -2.30. The maximum atomic E-state index is 11.1. The Kier molecular flexibility index (Phi) is 4.61. The number of primary amides is 1. The van der Waals surface area contributed by atoms with Gasteiger partial charge in [0.25, 0.3) is 0 Å². The van der Waals surface area contributed by atoms with E-state index in [1.807, 2.05) is 19.2 Å². The van der Waals surface area contributed by atoms with Gasteiger partial charge in [-0.2, -0.15) is 0 Å². The highest BCUT2D eigenvalue weighted by molar-refractivity contribution is 6.31. The van der Waals surface area contributed by atoms with E-state index in [0.717, 1.165) is 37.4 Å². The SMILES string of the molecule is CNc1ccc(Cl)c(CN2CCC(C(N)=O)CC2)n1. The van der Waals surface area contributed by atoms with Gasteiger partial charge in [0.05, 0.1) is 10.7 Å². The van der Waals surface area contributed by atoms with Gasteiger partial charge >= 0.3 is 0 Å². The Morgan fingerprint density at radius 2 is 2.21 bits per heavy atom. The third-order valence-electron chi connectivity index (χ3n) is 3.54. The smallest absolute Gasteiger partial charge is 0.220 e. The summed E-state index contributed by atoms with van der Waals surface area (Å²) < 4.78 is 0. The summed E-state index contributed by atoms with van der Waals surface area (Å²) in [5.74, 6) is 0.641. The van der Waals surface area contributed by atoms with Crippen molar-refractivity contribution in [2.45, 2.75) is 19.4 Å². The number of nitrogens with two attached hydrogens (primary N) is 1. The molecule has 2 rings (SSSR count). The Morgan fingerprint density at radius 1 is 1.53 bits per heavy atom. The maximum absolute atomic E-state index is 11.1. The molecule has 6 heteroatoms. The summed E-state index contributed by atoms with van der Waals surface area (Å²) in [5, 5.41) is 3.68. The summed E-state index contributed by atoms with van der Waals surface area (Å²) in [6.07, 6.45) is 1.64. The number of halogens is 1. The minimum absolute atomic E-state index is 0.0170. The largest absolute Gasteiger partial charge is 0.373 e. The molecule has 0 saturated carbocycles. The zero-order valence-corrected chi connectivity index (χ0v) is 11.8. The predicted molar refractivity (Wildman–Crippen MR) is 76.0 cm³/mol. The second-order valence-corrected chi connectivity index (χ2v) is 5.23. The fourth-order valence-electron chi connectivity index (χ4n) is 2.32. The minimum atomic E-state index is -0.187. The van der Waals surface area contributed by atoms with Gasteiger partial charge in [-0.25, -0.2) is 4.98 Å². The van der Waals surface area contributed by atoms with Crippen molar-refractivity contribution in [1.82, 2.24) is 9.88 Å². The van der Waals surface area contributed by atoms with Gasteiger partial charge in [0, 0.05) is 19.5 Å². The second kappa shape index (κ2) is 6.21. The molecule has 1 aliphatic rings. The number of anilines is 1. The Bertz CT molecular complexity index is 458. The number of carbonyl (C=O) groups excluding carboxylic acids is 1. The van der Waals surface area contributed by atoms with E-state index in [1.54, 1.807) is 0 Å². The monoisotopic (exact) mass is 282 g/mol. The molecule has 5 nitrogen and oxygen atoms in total. The molecule has 0 radical (unpaired) electrons. The standard InChI is InChI=1S/C13H19ClN4O/c1-16-12-3-2-10(14)11(17-12)8-18-6-4-9(5-7-18)13(15)19/h2-3,9H,4-8H2,1H3,(H2,15,19)(H,16,17). The highest BCUT2D eigenvalue weighted by Crippen LogP contribution is 2.22. The molecule has 1 amide bonds. The topological polar surface area (TPSA) is 71.2 Å². The van der Waals surface area contributed by atoms with Gasteiger partial charge in [0.15, 0.2) is 0 Å². The zero-order chi connectivity index (χ0) is 13.8. The first-order valence-corrected chi connectivity index (χ1v) is 6.83. The fraction of sp³-hybridized carbons (Fsp3) is 0.538. The molecule has 1 fully saturated rings. The second-order valence-electron chi connectivity index (χ2n) is 4.83. The average Bonchev–Trinajstić information content (AvgIpc) is 2.42. The van der Waals surface area contributed by atoms with E-state index < -0.39 is 0 Å². The molecule has 1 aliphatic heterocycles. The van der Waals surface area contributed by atoms with Crippen molar-refractivity contribution in [3.63, 3.8) is 0 Å². The number of aromatic nitrogens is 1. The number of carbonyl (C=O) groups is 1. The van der Waals surface area contributed by atoms with Crippen LogP contribution >= 0.6 is 11.6 Å². The molecule has 19 heavy (non-hydrogen) atoms. The lowest BCUT2D eigenvalue weighted by Crippen LogP contribution is -2.38. The number of amides is 1. The number of nitrogens with zero attached hydrogens (tertiary/aromatic N) is 2. The molecule has 2 heterocycles. The first-order valence-electron chi connectivity index (χ1n) is 6.45. The molecular weight excluding hydrogens is 264 g/mol. The number of likely N-dealkylation sites (tertiary alicyclic amines) is 1. The molecule has 3 N–H and O–H groups in total. The van der Waals surface area contributed by atoms with Gasteiger partial charge in [-0.1, -0.05) is 11.6 Å². The fourth-order valence-corrected chi connectivity index (χ4v) is 2.49. The number of piperidine rings is 1. The predicted octanol–water partition coefficient (Wildman–Crippen LogP) is 1.47. The Labute approximate surface area is 118 Å². The van der Waals surface area contributed by atoms with Gasteiger partial charge in [0.2, 0.25) is 5.91 Å². The molecule has 0 aliphatic carbocycles. The molecule has 0 spiro atoms. The Balaban J connectivity index is 1.97. The van der Waals surface area contributed by atoms with Crippen molar-refractivity contribution >= 4 is 23.3 Å². The van der Waals surface area contributed by atoms with Crippen molar-refractivity contribution in [2.75, 3.05) is 25.5 Å². The van der Waals surface area contributed by atoms with Crippen molar-refractivity contribution < 1.29 is 4.79 Å². The van der Waals surface area contributed by atoms with Crippen molar-refractivity contribution in [3.8, 4) is 0 Å². The number of rotatable bonds is 4. The van der Waals surface area contributed by atoms with Crippen LogP contribution in [0.25, 0.3) is 0 Å². The summed E-state index contributed by atoms with van der Waals surface area (Å²) in [6.45, 7) is 2.42. The summed E-state index contributed by atoms with van der Waals surface area (Å²) in [5.41, 5.74) is 6.19. The lowest BCUT2D eigenvalue weighted by atomic mass is 9.96. The van der Waals surface area contributed by atoms with E-state index in [2.05, 4.69) is 15.2 Å². The van der Waals surface area contributed by atoms with E-state index in [4.69, 9.17) is 17.3 Å². The molecule has 1 aromatic rings. The minimum Gasteiger partial charge on any atom is -0.373 e. The van der Waals surface area contributed by atoms with Crippen molar-refractivity contribution in [2.24, 2.45) is 11.7 Å². The van der Waals surface area contributed by atoms with E-state index in [1.165, 1.54) is 0 Å². The summed E-state index contributed by atoms with van der Waals surface area (Å²) in [6, 6.07) is 3.71. The summed E-state index contributed by atoms with van der Waals surface area (Å²) in [7, 11) is 1.83. The number of hydrogen-bond acceptors (Lipinski definition) is 4. The highest BCUT2D eigenvalue weighted by atomic mass is 35.5. The third kappa shape index (κ3) is 3.58. The van der Waals surface area contributed by atoms with Gasteiger partial charge in [0.1, 0.15) is 5.82 Å². The average molecular weight is 283 g/mol. The van der Waals surface area contributed by atoms with Gasteiger partial charge in [-0.3, -0.25) is 9.69 Å². The van der Waals surface area contributed by atoms with Crippen molar-refractivity contribution in [1.29, 1.82) is 0 Å². The van der Waals surface area contributed by atoms with Crippen LogP contribution in [0.15, 0.2) is 12.1 Å². The Morgan fingerprint density at radius 3 is 2.79 bits per heavy atom. The number of nitrogens with one attached hydrogen (secondary N) is 1. The summed E-state index contributed by atoms with van der Waals surface area (Å²) >= 11 is 6.16. The van der Waals surface area contributed by atoms with Crippen molar-refractivity contribution in [3.05, 3.63) is 22.8 Å². The normalized spacial score (nSPS) is 17.4. The van der Waals surface area contributed by atoms with E-state index in [9.17, 15) is 4.79 Å². The van der Waals surface area contributed by atoms with Crippen LogP contribution in [0.3, 0.4) is 0 Å². The van der Waals surface area contributed by atoms with Crippen LogP contribution in [0, 0.1) is 5.92 Å². The molecular formula is C13H19ClN4O. The van der Waals surface area contributed by atoms with Crippen LogP contribution in [0.5, 0.6) is 0 Å². The molecule has 1 aromatic heterocycles. The number of pyridine rings is 1. The molecule has 0 aromatic carbocycles. The van der Waals surface area contributed by atoms with E-state index >= 15 is 0 Å². The lowest BCUT2D eigenvalue weighted by molar-refractivity contribution is -0.123. The molecule has 0 unspecified atom stereocenters. The van der Waals surface area contributed by atoms with Crippen LogP contribution in [0.4, 0.5) is 5.82 Å². The van der Waals surface area contributed by atoms with Crippen LogP contribution < -0.4 is 11.1 Å². The van der Waals surface area contributed by atoms with Gasteiger partial charge < -0.3 is 11.1 Å². The highest BCUT2D eigenvalue weighted by Gasteiger charge is 2.23. The molecule has 104 valence electrons. The van der Waals surface area contributed by atoms with Crippen LogP contribution in [-0.2, 0) is 11.3 Å². The van der Waals surface area contributed by atoms with E-state index in [-0.39, 0.29) is 11.8 Å². The summed E-state index contributed by atoms with van der Waals surface area (Å²) in [4.78, 5) is 17.8.